The second-order valence-corrected chi connectivity index (χ2v) is 5.18. The van der Waals surface area contributed by atoms with E-state index in [1.54, 1.807) is 19.1 Å². The number of nitrogens with one attached hydrogen (secondary N) is 1. The highest BCUT2D eigenvalue weighted by Gasteiger charge is 2.22. The van der Waals surface area contributed by atoms with Crippen LogP contribution in [0.1, 0.15) is 24.2 Å². The van der Waals surface area contributed by atoms with Crippen molar-refractivity contribution in [3.8, 4) is 11.5 Å². The van der Waals surface area contributed by atoms with Crippen molar-refractivity contribution in [2.24, 2.45) is 0 Å². The Labute approximate surface area is 128 Å². The molecule has 2 aromatic carbocycles. The second-order valence-electron chi connectivity index (χ2n) is 5.18. The molecule has 0 saturated heterocycles. The number of aliphatic hydroxyl groups excluding tert-OH is 1. The minimum atomic E-state index is -0.718. The highest BCUT2D eigenvalue weighted by Crippen LogP contribution is 2.39. The van der Waals surface area contributed by atoms with E-state index in [0.717, 1.165) is 5.56 Å². The standard InChI is InChI=1S/C17H17NO4/c1-11(19)14-7-13(21-9-12-5-3-2-4-6-12)8-15-17(14)22-10-16(20)18-15/h2-8,11,19H,9-10H2,1H3,(H,18,20). The molecule has 1 amide bonds. The molecule has 1 aliphatic heterocycles. The molecule has 0 radical (unpaired) electrons. The number of hydrogen-bond donors (Lipinski definition) is 2. The molecule has 2 aromatic rings. The summed E-state index contributed by atoms with van der Waals surface area (Å²) in [5.74, 6) is 0.857. The van der Waals surface area contributed by atoms with Crippen LogP contribution >= 0.6 is 0 Å². The number of anilines is 1. The number of carbonyl (C=O) groups excluding carboxylic acids is 1. The van der Waals surface area contributed by atoms with Crippen LogP contribution < -0.4 is 14.8 Å². The van der Waals surface area contributed by atoms with Crippen molar-refractivity contribution < 1.29 is 19.4 Å². The Morgan fingerprint density at radius 2 is 2.09 bits per heavy atom. The SMILES string of the molecule is CC(O)c1cc(OCc2ccccc2)cc2c1OCC(=O)N2. The minimum Gasteiger partial charge on any atom is -0.489 e. The van der Waals surface area contributed by atoms with Crippen LogP contribution in [0.2, 0.25) is 0 Å². The minimum absolute atomic E-state index is 0.0447. The van der Waals surface area contributed by atoms with Crippen molar-refractivity contribution in [1.29, 1.82) is 0 Å². The molecular weight excluding hydrogens is 282 g/mol. The average molecular weight is 299 g/mol. The van der Waals surface area contributed by atoms with Crippen molar-refractivity contribution in [3.05, 3.63) is 53.6 Å². The van der Waals surface area contributed by atoms with E-state index in [9.17, 15) is 9.90 Å². The lowest BCUT2D eigenvalue weighted by Gasteiger charge is -2.23. The predicted octanol–water partition coefficient (Wildman–Crippen LogP) is 2.65. The maximum atomic E-state index is 11.5. The summed E-state index contributed by atoms with van der Waals surface area (Å²) in [6, 6.07) is 13.2. The van der Waals surface area contributed by atoms with E-state index in [1.807, 2.05) is 30.3 Å². The fraction of sp³-hybridized carbons (Fsp3) is 0.235. The van der Waals surface area contributed by atoms with Gasteiger partial charge in [-0.2, -0.15) is 0 Å². The number of rotatable bonds is 4. The van der Waals surface area contributed by atoms with Crippen molar-refractivity contribution in [2.45, 2.75) is 19.6 Å². The monoisotopic (exact) mass is 299 g/mol. The Hall–Kier alpha value is -2.53. The third-order valence-electron chi connectivity index (χ3n) is 3.41. The van der Waals surface area contributed by atoms with Crippen LogP contribution in [0, 0.1) is 0 Å². The Kier molecular flexibility index (Phi) is 3.98. The van der Waals surface area contributed by atoms with Gasteiger partial charge in [0.15, 0.2) is 6.61 Å². The van der Waals surface area contributed by atoms with Crippen molar-refractivity contribution in [2.75, 3.05) is 11.9 Å². The first-order chi connectivity index (χ1) is 10.6. The van der Waals surface area contributed by atoms with Crippen molar-refractivity contribution in [1.82, 2.24) is 0 Å². The predicted molar refractivity (Wildman–Crippen MR) is 82.0 cm³/mol. The maximum absolute atomic E-state index is 11.5. The van der Waals surface area contributed by atoms with Gasteiger partial charge in [-0.05, 0) is 18.6 Å². The van der Waals surface area contributed by atoms with Gasteiger partial charge in [-0.25, -0.2) is 0 Å². The van der Waals surface area contributed by atoms with Crippen LogP contribution in [-0.2, 0) is 11.4 Å². The Bertz CT molecular complexity index is 683. The summed E-state index contributed by atoms with van der Waals surface area (Å²) >= 11 is 0. The van der Waals surface area contributed by atoms with E-state index in [2.05, 4.69) is 5.32 Å². The van der Waals surface area contributed by atoms with E-state index in [4.69, 9.17) is 9.47 Å². The van der Waals surface area contributed by atoms with Crippen LogP contribution in [0.5, 0.6) is 11.5 Å². The molecule has 0 aliphatic carbocycles. The number of aliphatic hydroxyl groups is 1. The molecule has 1 atom stereocenters. The number of fused-ring (bicyclic) bond motifs is 1. The van der Waals surface area contributed by atoms with Crippen molar-refractivity contribution in [3.63, 3.8) is 0 Å². The fourth-order valence-electron chi connectivity index (χ4n) is 2.34. The Morgan fingerprint density at radius 1 is 1.32 bits per heavy atom. The van der Waals surface area contributed by atoms with Crippen LogP contribution in [0.15, 0.2) is 42.5 Å². The summed E-state index contributed by atoms with van der Waals surface area (Å²) in [4.78, 5) is 11.5. The number of benzene rings is 2. The van der Waals surface area contributed by atoms with Crippen LogP contribution in [0.3, 0.4) is 0 Å². The summed E-state index contributed by atoms with van der Waals surface area (Å²) in [5, 5.41) is 12.6. The number of amides is 1. The van der Waals surface area contributed by atoms with E-state index < -0.39 is 6.10 Å². The summed E-state index contributed by atoms with van der Waals surface area (Å²) in [7, 11) is 0. The lowest BCUT2D eigenvalue weighted by Crippen LogP contribution is -2.26. The molecule has 1 aliphatic rings. The third kappa shape index (κ3) is 3.04. The first kappa shape index (κ1) is 14.4. The molecule has 0 spiro atoms. The van der Waals surface area contributed by atoms with Crippen LogP contribution in [0.25, 0.3) is 0 Å². The molecular formula is C17H17NO4. The van der Waals surface area contributed by atoms with E-state index in [-0.39, 0.29) is 12.5 Å². The first-order valence-electron chi connectivity index (χ1n) is 7.09. The van der Waals surface area contributed by atoms with Gasteiger partial charge < -0.3 is 19.9 Å². The number of carbonyl (C=O) groups is 1. The molecule has 22 heavy (non-hydrogen) atoms. The molecule has 0 bridgehead atoms. The molecule has 5 nitrogen and oxygen atoms in total. The van der Waals surface area contributed by atoms with Gasteiger partial charge in [-0.1, -0.05) is 30.3 Å². The van der Waals surface area contributed by atoms with Gasteiger partial charge in [-0.15, -0.1) is 0 Å². The summed E-state index contributed by atoms with van der Waals surface area (Å²) in [6.45, 7) is 2.01. The Balaban J connectivity index is 1.87. The molecule has 2 N–H and O–H groups in total. The van der Waals surface area contributed by atoms with Gasteiger partial charge in [0.1, 0.15) is 18.1 Å². The van der Waals surface area contributed by atoms with Gasteiger partial charge in [0, 0.05) is 11.6 Å². The van der Waals surface area contributed by atoms with Gasteiger partial charge >= 0.3 is 0 Å². The maximum Gasteiger partial charge on any atom is 0.262 e. The van der Waals surface area contributed by atoms with Gasteiger partial charge in [-0.3, -0.25) is 4.79 Å². The largest absolute Gasteiger partial charge is 0.489 e. The quantitative estimate of drug-likeness (QED) is 0.910. The molecule has 3 rings (SSSR count). The zero-order valence-electron chi connectivity index (χ0n) is 12.2. The molecule has 1 unspecified atom stereocenters. The molecule has 114 valence electrons. The highest BCUT2D eigenvalue weighted by molar-refractivity contribution is 5.96. The van der Waals surface area contributed by atoms with Crippen molar-refractivity contribution >= 4 is 11.6 Å². The molecule has 0 saturated carbocycles. The molecule has 0 aromatic heterocycles. The van der Waals surface area contributed by atoms with Gasteiger partial charge in [0.05, 0.1) is 11.8 Å². The zero-order valence-corrected chi connectivity index (χ0v) is 12.2. The zero-order chi connectivity index (χ0) is 15.5. The van der Waals surface area contributed by atoms with Crippen LogP contribution in [-0.4, -0.2) is 17.6 Å². The molecule has 0 fully saturated rings. The fourth-order valence-corrected chi connectivity index (χ4v) is 2.34. The molecule has 5 heteroatoms. The van der Waals surface area contributed by atoms with Gasteiger partial charge in [0.25, 0.3) is 5.91 Å². The van der Waals surface area contributed by atoms with E-state index in [1.165, 1.54) is 0 Å². The smallest absolute Gasteiger partial charge is 0.262 e. The summed E-state index contributed by atoms with van der Waals surface area (Å²) in [6.07, 6.45) is -0.718. The first-order valence-corrected chi connectivity index (χ1v) is 7.09. The van der Waals surface area contributed by atoms with Gasteiger partial charge in [0.2, 0.25) is 0 Å². The third-order valence-corrected chi connectivity index (χ3v) is 3.41. The van der Waals surface area contributed by atoms with E-state index in [0.29, 0.717) is 29.4 Å². The topological polar surface area (TPSA) is 67.8 Å². The van der Waals surface area contributed by atoms with E-state index >= 15 is 0 Å². The summed E-state index contributed by atoms with van der Waals surface area (Å²) < 4.78 is 11.2. The van der Waals surface area contributed by atoms with Crippen LogP contribution in [0.4, 0.5) is 5.69 Å². The summed E-state index contributed by atoms with van der Waals surface area (Å²) in [5.41, 5.74) is 2.16. The second kappa shape index (κ2) is 6.07. The number of ether oxygens (including phenoxy) is 2. The lowest BCUT2D eigenvalue weighted by atomic mass is 10.1. The molecule has 1 heterocycles. The number of hydrogen-bond acceptors (Lipinski definition) is 4. The highest BCUT2D eigenvalue weighted by atomic mass is 16.5. The average Bonchev–Trinajstić information content (AvgIpc) is 2.52. The Morgan fingerprint density at radius 3 is 2.82 bits per heavy atom. The lowest BCUT2D eigenvalue weighted by molar-refractivity contribution is -0.118. The normalized spacial score (nSPS) is 14.5.